The molecule has 376 valence electrons. The fourth-order valence-electron chi connectivity index (χ4n) is 8.15. The van der Waals surface area contributed by atoms with E-state index in [0.29, 0.717) is 0 Å². The predicted molar refractivity (Wildman–Crippen MR) is 201 cm³/mol. The summed E-state index contributed by atoms with van der Waals surface area (Å²) >= 11 is 0. The molecule has 0 saturated carbocycles. The van der Waals surface area contributed by atoms with Gasteiger partial charge in [0.2, 0.25) is 17.7 Å². The first-order chi connectivity index (χ1) is 30.7. The lowest BCUT2D eigenvalue weighted by Crippen LogP contribution is -2.71. The minimum absolute atomic E-state index is 0.682. The first-order valence-electron chi connectivity index (χ1n) is 20.6. The van der Waals surface area contributed by atoms with Crippen LogP contribution in [0.2, 0.25) is 0 Å². The highest BCUT2D eigenvalue weighted by atomic mass is 16.8. The SMILES string of the molecule is CC(=O)N[C@H]1[C@H](O[C@H]2[C@H](O)[C@@H](NC(C)=O)[C@H](O[C@H]3[C@H](O)[C@@H](NC(C)=O)C(O)O[C@@H]3CO)O[C@@H]2CO)O[C@H](CO)[C@@H](O[C@@H]2O[C@H](CO[C@H]3O[C@H](CO)[C@@H](O)[C@H](O)[C@@H]3O)[C@@H](O)[C@H](O)[C@@H]2O)[C@@H]1O. The van der Waals surface area contributed by atoms with E-state index in [1.54, 1.807) is 0 Å². The third kappa shape index (κ3) is 12.0. The average Bonchev–Trinajstić information content (AvgIpc) is 3.26. The Morgan fingerprint density at radius 3 is 1.17 bits per heavy atom. The van der Waals surface area contributed by atoms with E-state index in [1.165, 1.54) is 0 Å². The maximum Gasteiger partial charge on any atom is 0.217 e. The number of ether oxygens (including phenoxy) is 9. The van der Waals surface area contributed by atoms with Gasteiger partial charge in [-0.1, -0.05) is 0 Å². The van der Waals surface area contributed by atoms with Gasteiger partial charge in [-0.3, -0.25) is 14.4 Å². The summed E-state index contributed by atoms with van der Waals surface area (Å²) < 4.78 is 51.3. The van der Waals surface area contributed by atoms with Gasteiger partial charge in [-0.25, -0.2) is 0 Å². The Balaban J connectivity index is 1.33. The second-order valence-corrected chi connectivity index (χ2v) is 16.2. The maximum atomic E-state index is 12.5. The summed E-state index contributed by atoms with van der Waals surface area (Å²) in [5.41, 5.74) is 0. The summed E-state index contributed by atoms with van der Waals surface area (Å²) in [5, 5.41) is 155. The third-order valence-corrected chi connectivity index (χ3v) is 11.5. The molecule has 29 nitrogen and oxygen atoms in total. The maximum absolute atomic E-state index is 12.5. The molecule has 5 rings (SSSR count). The number of nitrogens with one attached hydrogen (secondary N) is 3. The molecule has 0 spiro atoms. The van der Waals surface area contributed by atoms with Gasteiger partial charge in [0.1, 0.15) is 122 Å². The molecule has 5 saturated heterocycles. The van der Waals surface area contributed by atoms with Gasteiger partial charge in [0.05, 0.1) is 33.0 Å². The number of aliphatic hydroxyl groups is 14. The Labute approximate surface area is 369 Å². The van der Waals surface area contributed by atoms with E-state index in [4.69, 9.17) is 42.6 Å². The second-order valence-electron chi connectivity index (χ2n) is 16.2. The van der Waals surface area contributed by atoms with Crippen LogP contribution in [0.1, 0.15) is 20.8 Å². The normalized spacial score (nSPS) is 47.1. The van der Waals surface area contributed by atoms with Gasteiger partial charge in [-0.05, 0) is 0 Å². The Morgan fingerprint density at radius 2 is 0.738 bits per heavy atom. The second kappa shape index (κ2) is 23.2. The highest BCUT2D eigenvalue weighted by molar-refractivity contribution is 5.74. The first-order valence-corrected chi connectivity index (χ1v) is 20.6. The summed E-state index contributed by atoms with van der Waals surface area (Å²) in [6.45, 7) is -1.15. The van der Waals surface area contributed by atoms with Gasteiger partial charge < -0.3 is 130 Å². The molecule has 65 heavy (non-hydrogen) atoms. The number of amides is 3. The monoisotopic (exact) mass is 951 g/mol. The van der Waals surface area contributed by atoms with E-state index in [2.05, 4.69) is 16.0 Å². The quantitative estimate of drug-likeness (QED) is 0.0683. The van der Waals surface area contributed by atoms with E-state index in [0.717, 1.165) is 20.8 Å². The number of hydrogen-bond donors (Lipinski definition) is 17. The highest BCUT2D eigenvalue weighted by Crippen LogP contribution is 2.35. The molecule has 5 heterocycles. The van der Waals surface area contributed by atoms with Crippen LogP contribution in [-0.4, -0.2) is 276 Å². The molecular formula is C36H61N3O26. The van der Waals surface area contributed by atoms with Crippen molar-refractivity contribution >= 4 is 17.7 Å². The van der Waals surface area contributed by atoms with Crippen LogP contribution in [0.5, 0.6) is 0 Å². The number of rotatable bonds is 16. The summed E-state index contributed by atoms with van der Waals surface area (Å²) in [4.78, 5) is 36.7. The largest absolute Gasteiger partial charge is 0.394 e. The average molecular weight is 952 g/mol. The van der Waals surface area contributed by atoms with Crippen molar-refractivity contribution in [3.05, 3.63) is 0 Å². The molecule has 17 N–H and O–H groups in total. The Hall–Kier alpha value is -2.51. The van der Waals surface area contributed by atoms with Gasteiger partial charge in [-0.2, -0.15) is 0 Å². The Bertz CT molecular complexity index is 1560. The van der Waals surface area contributed by atoms with Crippen LogP contribution >= 0.6 is 0 Å². The molecule has 0 bridgehead atoms. The number of aliphatic hydroxyl groups excluding tert-OH is 14. The van der Waals surface area contributed by atoms with Crippen LogP contribution in [0, 0.1) is 0 Å². The molecule has 5 aliphatic heterocycles. The zero-order valence-corrected chi connectivity index (χ0v) is 35.1. The summed E-state index contributed by atoms with van der Waals surface area (Å²) in [6, 6.07) is -4.82. The molecule has 0 radical (unpaired) electrons. The lowest BCUT2D eigenvalue weighted by molar-refractivity contribution is -0.370. The minimum Gasteiger partial charge on any atom is -0.394 e. The van der Waals surface area contributed by atoms with Crippen molar-refractivity contribution in [1.82, 2.24) is 16.0 Å². The molecule has 3 amide bonds. The van der Waals surface area contributed by atoms with E-state index < -0.39 is 204 Å². The van der Waals surface area contributed by atoms with Crippen LogP contribution in [-0.2, 0) is 57.0 Å². The molecule has 0 aromatic rings. The fraction of sp³-hybridized carbons (Fsp3) is 0.917. The van der Waals surface area contributed by atoms with Gasteiger partial charge in [0.25, 0.3) is 0 Å². The standard InChI is InChI=1S/C36H61N3O26/c1-9(44)37-17-22(49)29(13(5-41)58-32(17)56)63-33-18(38-10(2)45)23(50)30(14(6-42)60-33)64-34-19(39-11(3)46)24(51)31(15(7-43)61-34)65-36-28(55)26(53)21(48)16(62-36)8-57-35-27(54)25(52)20(47)12(4-40)59-35/h12-36,40-43,47-56H,4-8H2,1-3H3,(H,37,44)(H,38,45)(H,39,46)/t12-,13-,14-,15-,16-,17-,18-,19-,20-,21-,22-,23-,24-,25+,26+,27+,28+,29-,30-,31-,32?,33+,34+,35+,36+/m1/s1. The van der Waals surface area contributed by atoms with Crippen LogP contribution in [0.15, 0.2) is 0 Å². The van der Waals surface area contributed by atoms with E-state index in [1.807, 2.05) is 0 Å². The van der Waals surface area contributed by atoms with Gasteiger partial charge in [-0.15, -0.1) is 0 Å². The molecular weight excluding hydrogens is 890 g/mol. The van der Waals surface area contributed by atoms with Crippen molar-refractivity contribution < 1.29 is 129 Å². The lowest BCUT2D eigenvalue weighted by atomic mass is 9.93. The summed E-state index contributed by atoms with van der Waals surface area (Å²) in [5.74, 6) is -2.26. The highest BCUT2D eigenvalue weighted by Gasteiger charge is 2.56. The molecule has 0 aliphatic carbocycles. The zero-order chi connectivity index (χ0) is 48.2. The van der Waals surface area contributed by atoms with Crippen molar-refractivity contribution in [3.63, 3.8) is 0 Å². The topological polar surface area (TPSA) is 454 Å². The molecule has 0 aromatic carbocycles. The Morgan fingerprint density at radius 1 is 0.400 bits per heavy atom. The minimum atomic E-state index is -2.07. The molecule has 5 fully saturated rings. The Kier molecular flexibility index (Phi) is 19.1. The van der Waals surface area contributed by atoms with Crippen LogP contribution < -0.4 is 16.0 Å². The molecule has 0 aromatic heterocycles. The molecule has 1 unspecified atom stereocenters. The number of hydrogen-bond acceptors (Lipinski definition) is 26. The van der Waals surface area contributed by atoms with E-state index >= 15 is 0 Å². The van der Waals surface area contributed by atoms with Gasteiger partial charge >= 0.3 is 0 Å². The van der Waals surface area contributed by atoms with Crippen molar-refractivity contribution in [3.8, 4) is 0 Å². The van der Waals surface area contributed by atoms with E-state index in [-0.39, 0.29) is 0 Å². The zero-order valence-electron chi connectivity index (χ0n) is 35.1. The van der Waals surface area contributed by atoms with E-state index in [9.17, 15) is 85.9 Å². The number of carbonyl (C=O) groups excluding carboxylic acids is 3. The van der Waals surface area contributed by atoms with Crippen molar-refractivity contribution in [2.45, 2.75) is 174 Å². The van der Waals surface area contributed by atoms with Crippen molar-refractivity contribution in [2.24, 2.45) is 0 Å². The van der Waals surface area contributed by atoms with Crippen molar-refractivity contribution in [2.75, 3.05) is 33.0 Å². The molecule has 25 atom stereocenters. The third-order valence-electron chi connectivity index (χ3n) is 11.5. The number of carbonyl (C=O) groups is 3. The van der Waals surface area contributed by atoms with Crippen molar-refractivity contribution in [1.29, 1.82) is 0 Å². The lowest BCUT2D eigenvalue weighted by Gasteiger charge is -2.50. The predicted octanol–water partition coefficient (Wildman–Crippen LogP) is -11.5. The fourth-order valence-corrected chi connectivity index (χ4v) is 8.15. The first kappa shape index (κ1) is 53.4. The molecule has 5 aliphatic rings. The molecule has 29 heteroatoms. The van der Waals surface area contributed by atoms with Crippen LogP contribution in [0.25, 0.3) is 0 Å². The van der Waals surface area contributed by atoms with Gasteiger partial charge in [0.15, 0.2) is 31.5 Å². The van der Waals surface area contributed by atoms with Crippen LogP contribution in [0.4, 0.5) is 0 Å². The van der Waals surface area contributed by atoms with Gasteiger partial charge in [0, 0.05) is 20.8 Å². The summed E-state index contributed by atoms with van der Waals surface area (Å²) in [6.07, 6.45) is -39.1. The van der Waals surface area contributed by atoms with Crippen LogP contribution in [0.3, 0.4) is 0 Å². The summed E-state index contributed by atoms with van der Waals surface area (Å²) in [7, 11) is 0. The smallest absolute Gasteiger partial charge is 0.217 e.